The Labute approximate surface area is 95.0 Å². The van der Waals surface area contributed by atoms with Crippen LogP contribution in [-0.2, 0) is 6.42 Å². The number of nitrogen functional groups attached to an aromatic ring is 1. The van der Waals surface area contributed by atoms with Gasteiger partial charge in [0, 0.05) is 11.3 Å². The highest BCUT2D eigenvalue weighted by atomic mass is 14.6. The molecule has 0 radical (unpaired) electrons. The van der Waals surface area contributed by atoms with Crippen molar-refractivity contribution >= 4 is 5.69 Å². The molecular weight excluding hydrogens is 196 g/mol. The zero-order chi connectivity index (χ0) is 11.4. The summed E-state index contributed by atoms with van der Waals surface area (Å²) in [6.07, 6.45) is 0.449. The highest BCUT2D eigenvalue weighted by Crippen LogP contribution is 2.25. The van der Waals surface area contributed by atoms with Crippen LogP contribution in [0.4, 0.5) is 5.69 Å². The molecule has 0 saturated heterocycles. The van der Waals surface area contributed by atoms with Crippen molar-refractivity contribution in [1.82, 2.24) is 0 Å². The van der Waals surface area contributed by atoms with Crippen molar-refractivity contribution in [3.8, 4) is 17.2 Å². The number of nitrogens with zero attached hydrogens (tertiary/aromatic N) is 1. The van der Waals surface area contributed by atoms with E-state index in [0.29, 0.717) is 6.42 Å². The van der Waals surface area contributed by atoms with Crippen molar-refractivity contribution in [2.75, 3.05) is 5.73 Å². The number of benzene rings is 2. The van der Waals surface area contributed by atoms with Gasteiger partial charge in [-0.1, -0.05) is 42.5 Å². The molecule has 0 amide bonds. The SMILES string of the molecule is N#CCc1ccc(-c2ccccc2N)cc1. The minimum absolute atomic E-state index is 0.449. The first-order chi connectivity index (χ1) is 7.81. The lowest BCUT2D eigenvalue weighted by Gasteiger charge is -2.05. The maximum atomic E-state index is 8.58. The molecule has 0 aliphatic carbocycles. The lowest BCUT2D eigenvalue weighted by molar-refractivity contribution is 1.26. The van der Waals surface area contributed by atoms with Crippen molar-refractivity contribution in [3.05, 3.63) is 54.1 Å². The molecule has 0 atom stereocenters. The van der Waals surface area contributed by atoms with Crippen LogP contribution in [0.25, 0.3) is 11.1 Å². The Morgan fingerprint density at radius 3 is 2.31 bits per heavy atom. The summed E-state index contributed by atoms with van der Waals surface area (Å²) in [6, 6.07) is 17.8. The highest BCUT2D eigenvalue weighted by Gasteiger charge is 2.01. The van der Waals surface area contributed by atoms with Crippen molar-refractivity contribution in [2.24, 2.45) is 0 Å². The van der Waals surface area contributed by atoms with Crippen LogP contribution in [0.5, 0.6) is 0 Å². The van der Waals surface area contributed by atoms with Gasteiger partial charge in [0.15, 0.2) is 0 Å². The third-order valence-electron chi connectivity index (χ3n) is 2.51. The van der Waals surface area contributed by atoms with Crippen LogP contribution < -0.4 is 5.73 Å². The van der Waals surface area contributed by atoms with Crippen LogP contribution in [0.2, 0.25) is 0 Å². The molecule has 2 N–H and O–H groups in total. The molecule has 0 spiro atoms. The first kappa shape index (κ1) is 10.3. The molecule has 0 fully saturated rings. The molecule has 0 unspecified atom stereocenters. The maximum absolute atomic E-state index is 8.58. The highest BCUT2D eigenvalue weighted by molar-refractivity contribution is 5.76. The molecule has 78 valence electrons. The summed E-state index contributed by atoms with van der Waals surface area (Å²) < 4.78 is 0. The van der Waals surface area contributed by atoms with Crippen LogP contribution in [0, 0.1) is 11.3 Å². The average molecular weight is 208 g/mol. The Hall–Kier alpha value is -2.27. The number of nitriles is 1. The summed E-state index contributed by atoms with van der Waals surface area (Å²) in [5.74, 6) is 0. The van der Waals surface area contributed by atoms with Gasteiger partial charge in [-0.2, -0.15) is 5.26 Å². The first-order valence-corrected chi connectivity index (χ1v) is 5.12. The molecule has 2 heteroatoms. The zero-order valence-corrected chi connectivity index (χ0v) is 8.85. The second kappa shape index (κ2) is 4.50. The van der Waals surface area contributed by atoms with Crippen LogP contribution >= 0.6 is 0 Å². The van der Waals surface area contributed by atoms with E-state index in [9.17, 15) is 0 Å². The molecule has 0 bridgehead atoms. The van der Waals surface area contributed by atoms with E-state index in [1.807, 2.05) is 48.5 Å². The summed E-state index contributed by atoms with van der Waals surface area (Å²) in [5.41, 5.74) is 9.82. The number of hydrogen-bond acceptors (Lipinski definition) is 2. The quantitative estimate of drug-likeness (QED) is 0.771. The second-order valence-electron chi connectivity index (χ2n) is 3.62. The fraction of sp³-hybridized carbons (Fsp3) is 0.0714. The molecule has 16 heavy (non-hydrogen) atoms. The Bertz CT molecular complexity index is 521. The Morgan fingerprint density at radius 1 is 1.00 bits per heavy atom. The minimum atomic E-state index is 0.449. The van der Waals surface area contributed by atoms with Crippen molar-refractivity contribution in [2.45, 2.75) is 6.42 Å². The first-order valence-electron chi connectivity index (χ1n) is 5.12. The van der Waals surface area contributed by atoms with E-state index in [-0.39, 0.29) is 0 Å². The monoisotopic (exact) mass is 208 g/mol. The van der Waals surface area contributed by atoms with Gasteiger partial charge in [0.05, 0.1) is 12.5 Å². The number of anilines is 1. The van der Waals surface area contributed by atoms with Gasteiger partial charge in [0.25, 0.3) is 0 Å². The summed E-state index contributed by atoms with van der Waals surface area (Å²) in [6.45, 7) is 0. The predicted octanol–water partition coefficient (Wildman–Crippen LogP) is 3.00. The largest absolute Gasteiger partial charge is 0.398 e. The van der Waals surface area contributed by atoms with Crippen LogP contribution in [0.3, 0.4) is 0 Å². The van der Waals surface area contributed by atoms with Gasteiger partial charge in [-0.15, -0.1) is 0 Å². The molecule has 0 aliphatic rings. The molecule has 2 nitrogen and oxygen atoms in total. The average Bonchev–Trinajstić information content (AvgIpc) is 2.31. The van der Waals surface area contributed by atoms with Crippen LogP contribution in [0.15, 0.2) is 48.5 Å². The smallest absolute Gasteiger partial charge is 0.0669 e. The van der Waals surface area contributed by atoms with E-state index < -0.39 is 0 Å². The molecular formula is C14H12N2. The van der Waals surface area contributed by atoms with Gasteiger partial charge in [0.2, 0.25) is 0 Å². The Kier molecular flexibility index (Phi) is 2.88. The number of para-hydroxylation sites is 1. The third-order valence-corrected chi connectivity index (χ3v) is 2.51. The molecule has 2 aromatic carbocycles. The van der Waals surface area contributed by atoms with E-state index in [2.05, 4.69) is 6.07 Å². The number of rotatable bonds is 2. The summed E-state index contributed by atoms with van der Waals surface area (Å²) >= 11 is 0. The van der Waals surface area contributed by atoms with Gasteiger partial charge in [-0.05, 0) is 17.2 Å². The van der Waals surface area contributed by atoms with Crippen molar-refractivity contribution < 1.29 is 0 Å². The van der Waals surface area contributed by atoms with E-state index in [0.717, 1.165) is 22.4 Å². The maximum Gasteiger partial charge on any atom is 0.0669 e. The van der Waals surface area contributed by atoms with Crippen LogP contribution in [-0.4, -0.2) is 0 Å². The van der Waals surface area contributed by atoms with E-state index >= 15 is 0 Å². The molecule has 2 aromatic rings. The lowest BCUT2D eigenvalue weighted by atomic mass is 10.0. The zero-order valence-electron chi connectivity index (χ0n) is 8.85. The lowest BCUT2D eigenvalue weighted by Crippen LogP contribution is -1.89. The Morgan fingerprint density at radius 2 is 1.69 bits per heavy atom. The predicted molar refractivity (Wildman–Crippen MR) is 65.6 cm³/mol. The van der Waals surface area contributed by atoms with Gasteiger partial charge in [-0.25, -0.2) is 0 Å². The molecule has 0 aromatic heterocycles. The summed E-state index contributed by atoms with van der Waals surface area (Å²) in [4.78, 5) is 0. The van der Waals surface area contributed by atoms with Gasteiger partial charge in [0.1, 0.15) is 0 Å². The molecule has 0 saturated carbocycles. The van der Waals surface area contributed by atoms with Crippen molar-refractivity contribution in [3.63, 3.8) is 0 Å². The second-order valence-corrected chi connectivity index (χ2v) is 3.62. The van der Waals surface area contributed by atoms with Gasteiger partial charge >= 0.3 is 0 Å². The summed E-state index contributed by atoms with van der Waals surface area (Å²) in [7, 11) is 0. The molecule has 2 rings (SSSR count). The molecule has 0 aliphatic heterocycles. The van der Waals surface area contributed by atoms with E-state index in [1.165, 1.54) is 0 Å². The fourth-order valence-electron chi connectivity index (χ4n) is 1.65. The van der Waals surface area contributed by atoms with Gasteiger partial charge in [-0.3, -0.25) is 0 Å². The van der Waals surface area contributed by atoms with Crippen molar-refractivity contribution in [1.29, 1.82) is 5.26 Å². The fourth-order valence-corrected chi connectivity index (χ4v) is 1.65. The minimum Gasteiger partial charge on any atom is -0.398 e. The van der Waals surface area contributed by atoms with Gasteiger partial charge < -0.3 is 5.73 Å². The van der Waals surface area contributed by atoms with Crippen LogP contribution in [0.1, 0.15) is 5.56 Å². The van der Waals surface area contributed by atoms with E-state index in [1.54, 1.807) is 0 Å². The Balaban J connectivity index is 2.36. The van der Waals surface area contributed by atoms with E-state index in [4.69, 9.17) is 11.0 Å². The standard InChI is InChI=1S/C14H12N2/c15-10-9-11-5-7-12(8-6-11)13-3-1-2-4-14(13)16/h1-8H,9,16H2. The third kappa shape index (κ3) is 2.04. The molecule has 0 heterocycles. The normalized spacial score (nSPS) is 9.69. The topological polar surface area (TPSA) is 49.8 Å². The number of nitrogens with two attached hydrogens (primary N) is 1. The number of hydrogen-bond donors (Lipinski definition) is 1. The summed E-state index contributed by atoms with van der Waals surface area (Å²) in [5, 5.41) is 8.58.